The van der Waals surface area contributed by atoms with E-state index in [0.717, 1.165) is 39.7 Å². The molecule has 5 nitrogen and oxygen atoms in total. The average Bonchev–Trinajstić information content (AvgIpc) is 3.19. The predicted molar refractivity (Wildman–Crippen MR) is 100 cm³/mol. The van der Waals surface area contributed by atoms with Crippen molar-refractivity contribution < 1.29 is 4.42 Å². The number of nitrogens with one attached hydrogen (secondary N) is 1. The van der Waals surface area contributed by atoms with Crippen molar-refractivity contribution in [2.45, 2.75) is 26.8 Å². The zero-order valence-electron chi connectivity index (χ0n) is 14.0. The first-order chi connectivity index (χ1) is 11.6. The summed E-state index contributed by atoms with van der Waals surface area (Å²) in [5.74, 6) is 2.64. The third-order valence-electron chi connectivity index (χ3n) is 3.60. The van der Waals surface area contributed by atoms with Gasteiger partial charge in [0.15, 0.2) is 16.7 Å². The lowest BCUT2D eigenvalue weighted by molar-refractivity contribution is 0.524. The Hall–Kier alpha value is -2.34. The zero-order chi connectivity index (χ0) is 16.9. The molecule has 0 amide bonds. The van der Waals surface area contributed by atoms with Crippen molar-refractivity contribution in [2.75, 3.05) is 6.54 Å². The van der Waals surface area contributed by atoms with Crippen LogP contribution in [-0.2, 0) is 6.54 Å². The van der Waals surface area contributed by atoms with Gasteiger partial charge < -0.3 is 15.5 Å². The van der Waals surface area contributed by atoms with Gasteiger partial charge in [0.1, 0.15) is 12.3 Å². The number of aliphatic imine (C=N–C) groups is 1. The van der Waals surface area contributed by atoms with E-state index in [1.807, 2.05) is 30.3 Å². The van der Waals surface area contributed by atoms with Gasteiger partial charge >= 0.3 is 0 Å². The smallest absolute Gasteiger partial charge is 0.189 e. The van der Waals surface area contributed by atoms with Crippen molar-refractivity contribution >= 4 is 27.5 Å². The summed E-state index contributed by atoms with van der Waals surface area (Å²) in [6.45, 7) is 5.62. The van der Waals surface area contributed by atoms with Crippen molar-refractivity contribution in [1.82, 2.24) is 10.3 Å². The van der Waals surface area contributed by atoms with E-state index in [4.69, 9.17) is 10.2 Å². The van der Waals surface area contributed by atoms with Crippen LogP contribution in [0.3, 0.4) is 0 Å². The zero-order valence-corrected chi connectivity index (χ0v) is 14.8. The Morgan fingerprint density at radius 3 is 2.92 bits per heavy atom. The fraction of sp³-hybridized carbons (Fsp3) is 0.333. The molecule has 3 aromatic rings. The van der Waals surface area contributed by atoms with Crippen LogP contribution in [0.15, 0.2) is 45.8 Å². The van der Waals surface area contributed by atoms with Gasteiger partial charge in [-0.3, -0.25) is 0 Å². The van der Waals surface area contributed by atoms with Gasteiger partial charge in [-0.15, -0.1) is 11.3 Å². The van der Waals surface area contributed by atoms with Gasteiger partial charge in [0.2, 0.25) is 0 Å². The standard InChI is InChI=1S/C18H22N4OS/c1-12(2)9-10-20-18(19)21-11-13-7-8-15(23-13)17-22-14-5-3-4-6-16(14)24-17/h3-8,12H,9-11H2,1-2H3,(H3,19,20,21). The first-order valence-electron chi connectivity index (χ1n) is 8.10. The molecule has 0 saturated heterocycles. The van der Waals surface area contributed by atoms with Crippen LogP contribution in [0.4, 0.5) is 0 Å². The van der Waals surface area contributed by atoms with E-state index in [9.17, 15) is 0 Å². The Bertz CT molecular complexity index is 801. The van der Waals surface area contributed by atoms with Crippen LogP contribution in [0.5, 0.6) is 0 Å². The number of nitrogens with zero attached hydrogens (tertiary/aromatic N) is 2. The number of hydrogen-bond acceptors (Lipinski definition) is 4. The molecule has 1 aromatic carbocycles. The minimum atomic E-state index is 0.422. The molecule has 0 saturated carbocycles. The maximum atomic E-state index is 5.86. The second-order valence-electron chi connectivity index (χ2n) is 6.06. The molecule has 0 unspecified atom stereocenters. The molecule has 0 radical (unpaired) electrons. The van der Waals surface area contributed by atoms with Crippen molar-refractivity contribution in [1.29, 1.82) is 0 Å². The van der Waals surface area contributed by atoms with E-state index >= 15 is 0 Å². The molecule has 0 atom stereocenters. The number of fused-ring (bicyclic) bond motifs is 1. The number of hydrogen-bond donors (Lipinski definition) is 2. The van der Waals surface area contributed by atoms with Gasteiger partial charge in [0.25, 0.3) is 0 Å². The van der Waals surface area contributed by atoms with Gasteiger partial charge in [0.05, 0.1) is 10.2 Å². The van der Waals surface area contributed by atoms with Gasteiger partial charge in [-0.2, -0.15) is 0 Å². The molecule has 24 heavy (non-hydrogen) atoms. The van der Waals surface area contributed by atoms with Gasteiger partial charge in [-0.25, -0.2) is 9.98 Å². The maximum absolute atomic E-state index is 5.86. The molecule has 0 aliphatic carbocycles. The van der Waals surface area contributed by atoms with E-state index in [1.165, 1.54) is 0 Å². The molecule has 0 aliphatic heterocycles. The summed E-state index contributed by atoms with van der Waals surface area (Å²) < 4.78 is 7.00. The third kappa shape index (κ3) is 4.14. The molecule has 0 bridgehead atoms. The number of furan rings is 1. The number of para-hydroxylation sites is 1. The molecule has 2 aromatic heterocycles. The van der Waals surface area contributed by atoms with Crippen molar-refractivity contribution in [3.63, 3.8) is 0 Å². The number of nitrogens with two attached hydrogens (primary N) is 1. The first kappa shape index (κ1) is 16.5. The summed E-state index contributed by atoms with van der Waals surface area (Å²) in [6.07, 6.45) is 1.07. The number of benzene rings is 1. The number of rotatable bonds is 6. The van der Waals surface area contributed by atoms with Crippen LogP contribution in [-0.4, -0.2) is 17.5 Å². The number of guanidine groups is 1. The second kappa shape index (κ2) is 7.49. The second-order valence-corrected chi connectivity index (χ2v) is 7.09. The van der Waals surface area contributed by atoms with E-state index in [1.54, 1.807) is 11.3 Å². The minimum Gasteiger partial charge on any atom is -0.457 e. The van der Waals surface area contributed by atoms with E-state index in [2.05, 4.69) is 35.2 Å². The Labute approximate surface area is 145 Å². The monoisotopic (exact) mass is 342 g/mol. The Morgan fingerprint density at radius 2 is 2.12 bits per heavy atom. The Morgan fingerprint density at radius 1 is 1.29 bits per heavy atom. The summed E-state index contributed by atoms with van der Waals surface area (Å²) in [5, 5.41) is 4.00. The topological polar surface area (TPSA) is 76.4 Å². The van der Waals surface area contributed by atoms with Crippen molar-refractivity contribution in [3.05, 3.63) is 42.2 Å². The normalized spacial score (nSPS) is 12.2. The summed E-state index contributed by atoms with van der Waals surface area (Å²) in [7, 11) is 0. The molecular formula is C18H22N4OS. The summed E-state index contributed by atoms with van der Waals surface area (Å²) >= 11 is 1.62. The van der Waals surface area contributed by atoms with Crippen LogP contribution in [0, 0.1) is 5.92 Å². The Balaban J connectivity index is 1.63. The predicted octanol–water partition coefficient (Wildman–Crippen LogP) is 4.01. The average molecular weight is 342 g/mol. The lowest BCUT2D eigenvalue weighted by Crippen LogP contribution is -2.32. The van der Waals surface area contributed by atoms with Gasteiger partial charge in [0, 0.05) is 6.54 Å². The summed E-state index contributed by atoms with van der Waals surface area (Å²) in [5.41, 5.74) is 6.86. The summed E-state index contributed by atoms with van der Waals surface area (Å²) in [4.78, 5) is 8.91. The molecule has 3 rings (SSSR count). The van der Waals surface area contributed by atoms with Crippen LogP contribution >= 0.6 is 11.3 Å². The van der Waals surface area contributed by atoms with E-state index < -0.39 is 0 Å². The minimum absolute atomic E-state index is 0.422. The highest BCUT2D eigenvalue weighted by Gasteiger charge is 2.10. The highest BCUT2D eigenvalue weighted by atomic mass is 32.1. The van der Waals surface area contributed by atoms with Crippen LogP contribution in [0.25, 0.3) is 21.0 Å². The molecule has 0 spiro atoms. The number of aromatic nitrogens is 1. The SMILES string of the molecule is CC(C)CCNC(N)=NCc1ccc(-c2nc3ccccc3s2)o1. The highest BCUT2D eigenvalue weighted by Crippen LogP contribution is 2.31. The quantitative estimate of drug-likeness (QED) is 0.524. The molecular weight excluding hydrogens is 320 g/mol. The van der Waals surface area contributed by atoms with Crippen LogP contribution in [0.2, 0.25) is 0 Å². The maximum Gasteiger partial charge on any atom is 0.189 e. The van der Waals surface area contributed by atoms with Gasteiger partial charge in [-0.1, -0.05) is 26.0 Å². The van der Waals surface area contributed by atoms with Gasteiger partial charge in [-0.05, 0) is 36.6 Å². The largest absolute Gasteiger partial charge is 0.457 e. The molecule has 3 N–H and O–H groups in total. The van der Waals surface area contributed by atoms with E-state index in [-0.39, 0.29) is 0 Å². The summed E-state index contributed by atoms with van der Waals surface area (Å²) in [6, 6.07) is 11.9. The first-order valence-corrected chi connectivity index (χ1v) is 8.92. The lowest BCUT2D eigenvalue weighted by Gasteiger charge is -2.06. The Kier molecular flexibility index (Phi) is 5.15. The third-order valence-corrected chi connectivity index (χ3v) is 4.65. The fourth-order valence-electron chi connectivity index (χ4n) is 2.26. The van der Waals surface area contributed by atoms with Crippen molar-refractivity contribution in [2.24, 2.45) is 16.6 Å². The molecule has 0 aliphatic rings. The van der Waals surface area contributed by atoms with Crippen LogP contribution in [0.1, 0.15) is 26.0 Å². The molecule has 2 heterocycles. The molecule has 6 heteroatoms. The molecule has 0 fully saturated rings. The van der Waals surface area contributed by atoms with Crippen LogP contribution < -0.4 is 11.1 Å². The molecule has 126 valence electrons. The highest BCUT2D eigenvalue weighted by molar-refractivity contribution is 7.21. The lowest BCUT2D eigenvalue weighted by atomic mass is 10.1. The fourth-order valence-corrected chi connectivity index (χ4v) is 3.19. The van der Waals surface area contributed by atoms with E-state index in [0.29, 0.717) is 18.4 Å². The number of thiazole rings is 1. The van der Waals surface area contributed by atoms with Crippen molar-refractivity contribution in [3.8, 4) is 10.8 Å².